The van der Waals surface area contributed by atoms with Crippen LogP contribution in [0.25, 0.3) is 0 Å². The van der Waals surface area contributed by atoms with Crippen molar-refractivity contribution in [2.75, 3.05) is 6.54 Å². The largest absolute Gasteiger partial charge is 0.386 e. The van der Waals surface area contributed by atoms with E-state index in [1.165, 1.54) is 32.1 Å². The number of aromatic amines is 1. The third-order valence-corrected chi connectivity index (χ3v) is 5.74. The van der Waals surface area contributed by atoms with Crippen molar-refractivity contribution in [3.05, 3.63) is 17.7 Å². The molecule has 4 fully saturated rings. The summed E-state index contributed by atoms with van der Waals surface area (Å²) in [4.78, 5) is 7.91. The summed E-state index contributed by atoms with van der Waals surface area (Å²) < 4.78 is 0. The molecule has 1 heterocycles. The number of aromatic nitrogens is 2. The molecule has 1 aromatic heterocycles. The maximum Gasteiger partial charge on any atom is 0.109 e. The fourth-order valence-corrected chi connectivity index (χ4v) is 5.19. The van der Waals surface area contributed by atoms with Gasteiger partial charge in [-0.25, -0.2) is 4.98 Å². The summed E-state index contributed by atoms with van der Waals surface area (Å²) in [5.41, 5.74) is 6.29. The molecule has 4 heteroatoms. The van der Waals surface area contributed by atoms with Crippen LogP contribution in [0.3, 0.4) is 0 Å². The van der Waals surface area contributed by atoms with Gasteiger partial charge in [-0.2, -0.15) is 0 Å². The average molecular weight is 261 g/mol. The molecule has 1 unspecified atom stereocenters. The topological polar surface area (TPSA) is 74.9 Å². The smallest absolute Gasteiger partial charge is 0.109 e. The third kappa shape index (κ3) is 1.84. The monoisotopic (exact) mass is 261 g/mol. The van der Waals surface area contributed by atoms with E-state index in [1.54, 1.807) is 6.20 Å². The molecule has 4 nitrogen and oxygen atoms in total. The molecule has 1 aromatic rings. The molecule has 4 aliphatic rings. The minimum absolute atomic E-state index is 0.253. The molecule has 5 rings (SSSR count). The predicted molar refractivity (Wildman–Crippen MR) is 72.4 cm³/mol. The van der Waals surface area contributed by atoms with Crippen molar-refractivity contribution in [3.8, 4) is 0 Å². The first kappa shape index (κ1) is 11.9. The van der Waals surface area contributed by atoms with Gasteiger partial charge in [-0.1, -0.05) is 0 Å². The lowest BCUT2D eigenvalue weighted by atomic mass is 9.52. The van der Waals surface area contributed by atoms with Crippen LogP contribution < -0.4 is 5.73 Å². The Balaban J connectivity index is 1.60. The number of hydrogen-bond donors (Lipinski definition) is 3. The van der Waals surface area contributed by atoms with Gasteiger partial charge in [0.1, 0.15) is 11.9 Å². The highest BCUT2D eigenvalue weighted by atomic mass is 16.3. The highest BCUT2D eigenvalue weighted by molar-refractivity contribution is 5.15. The van der Waals surface area contributed by atoms with Crippen molar-refractivity contribution >= 4 is 0 Å². The van der Waals surface area contributed by atoms with Gasteiger partial charge in [0.25, 0.3) is 0 Å². The third-order valence-electron chi connectivity index (χ3n) is 5.74. The van der Waals surface area contributed by atoms with Crippen molar-refractivity contribution in [3.63, 3.8) is 0 Å². The molecule has 4 N–H and O–H groups in total. The number of aliphatic hydroxyl groups is 1. The Morgan fingerprint density at radius 3 is 2.42 bits per heavy atom. The number of imidazole rings is 1. The van der Waals surface area contributed by atoms with E-state index < -0.39 is 6.10 Å². The second-order valence-electron chi connectivity index (χ2n) is 6.93. The van der Waals surface area contributed by atoms with Crippen LogP contribution in [0.5, 0.6) is 0 Å². The van der Waals surface area contributed by atoms with E-state index >= 15 is 0 Å². The molecule has 0 radical (unpaired) electrons. The van der Waals surface area contributed by atoms with Gasteiger partial charge in [0, 0.05) is 12.5 Å². The van der Waals surface area contributed by atoms with Gasteiger partial charge in [-0.05, 0) is 55.8 Å². The van der Waals surface area contributed by atoms with Gasteiger partial charge in [0.2, 0.25) is 0 Å². The van der Waals surface area contributed by atoms with Crippen molar-refractivity contribution in [1.82, 2.24) is 9.97 Å². The fourth-order valence-electron chi connectivity index (χ4n) is 5.19. The molecule has 0 amide bonds. The van der Waals surface area contributed by atoms with Crippen molar-refractivity contribution in [2.45, 2.75) is 44.1 Å². The predicted octanol–water partition coefficient (Wildman–Crippen LogP) is 1.94. The molecular weight excluding hydrogens is 238 g/mol. The standard InChI is InChI=1S/C15H23N3O/c16-6-13(19)12-7-17-15(18-12)14-10-2-8-1-9(4-10)5-11(14)3-8/h7-11,13-14,19H,1-6,16H2,(H,17,18). The van der Waals surface area contributed by atoms with Gasteiger partial charge < -0.3 is 15.8 Å². The lowest BCUT2D eigenvalue weighted by Gasteiger charge is -2.53. The van der Waals surface area contributed by atoms with E-state index in [0.717, 1.165) is 35.2 Å². The number of nitrogens with zero attached hydrogens (tertiary/aromatic N) is 1. The van der Waals surface area contributed by atoms with E-state index in [9.17, 15) is 5.11 Å². The maximum atomic E-state index is 9.80. The van der Waals surface area contributed by atoms with Crippen molar-refractivity contribution in [2.24, 2.45) is 29.4 Å². The molecule has 4 bridgehead atoms. The molecule has 19 heavy (non-hydrogen) atoms. The zero-order valence-electron chi connectivity index (χ0n) is 11.3. The molecular formula is C15H23N3O. The molecule has 4 aliphatic carbocycles. The van der Waals surface area contributed by atoms with Gasteiger partial charge in [0.05, 0.1) is 11.9 Å². The van der Waals surface area contributed by atoms with Crippen molar-refractivity contribution in [1.29, 1.82) is 0 Å². The van der Waals surface area contributed by atoms with Gasteiger partial charge in [-0.15, -0.1) is 0 Å². The van der Waals surface area contributed by atoms with Crippen LogP contribution >= 0.6 is 0 Å². The summed E-state index contributed by atoms with van der Waals surface area (Å²) in [5, 5.41) is 9.80. The minimum Gasteiger partial charge on any atom is -0.386 e. The summed E-state index contributed by atoms with van der Waals surface area (Å²) in [5.74, 6) is 5.34. The highest BCUT2D eigenvalue weighted by Gasteiger charge is 2.49. The summed E-state index contributed by atoms with van der Waals surface area (Å²) in [7, 11) is 0. The molecule has 4 saturated carbocycles. The molecule has 0 spiro atoms. The SMILES string of the molecule is NCC(O)c1cnc(C2C3CC4CC(C3)CC2C4)[nH]1. The van der Waals surface area contributed by atoms with Gasteiger partial charge in [0.15, 0.2) is 0 Å². The normalized spacial score (nSPS) is 41.7. The van der Waals surface area contributed by atoms with Crippen LogP contribution in [0.1, 0.15) is 55.6 Å². The summed E-state index contributed by atoms with van der Waals surface area (Å²) >= 11 is 0. The maximum absolute atomic E-state index is 9.80. The van der Waals surface area contributed by atoms with Crippen LogP contribution in [-0.4, -0.2) is 21.6 Å². The van der Waals surface area contributed by atoms with E-state index in [1.807, 2.05) is 0 Å². The summed E-state index contributed by atoms with van der Waals surface area (Å²) in [6.45, 7) is 0.253. The Hall–Kier alpha value is -0.870. The van der Waals surface area contributed by atoms with Crippen LogP contribution in [0.2, 0.25) is 0 Å². The van der Waals surface area contributed by atoms with Gasteiger partial charge >= 0.3 is 0 Å². The number of H-pyrrole nitrogens is 1. The first-order valence-electron chi connectivity index (χ1n) is 7.67. The van der Waals surface area contributed by atoms with Crippen molar-refractivity contribution < 1.29 is 5.11 Å². The van der Waals surface area contributed by atoms with Gasteiger partial charge in [-0.3, -0.25) is 0 Å². The molecule has 0 aliphatic heterocycles. The summed E-state index contributed by atoms with van der Waals surface area (Å²) in [6.07, 6.45) is 8.24. The Kier molecular flexibility index (Phi) is 2.71. The molecule has 0 saturated heterocycles. The Morgan fingerprint density at radius 2 is 1.84 bits per heavy atom. The number of aliphatic hydroxyl groups excluding tert-OH is 1. The number of nitrogens with one attached hydrogen (secondary N) is 1. The van der Waals surface area contributed by atoms with E-state index in [2.05, 4.69) is 9.97 Å². The van der Waals surface area contributed by atoms with E-state index in [4.69, 9.17) is 5.73 Å². The Bertz CT molecular complexity index is 442. The molecule has 104 valence electrons. The number of rotatable bonds is 3. The quantitative estimate of drug-likeness (QED) is 0.778. The first-order chi connectivity index (χ1) is 9.24. The van der Waals surface area contributed by atoms with Crippen LogP contribution in [-0.2, 0) is 0 Å². The molecule has 0 aromatic carbocycles. The Labute approximate surface area is 113 Å². The zero-order valence-corrected chi connectivity index (χ0v) is 11.3. The zero-order chi connectivity index (χ0) is 13.0. The summed E-state index contributed by atoms with van der Waals surface area (Å²) in [6, 6.07) is 0. The minimum atomic E-state index is -0.599. The Morgan fingerprint density at radius 1 is 1.21 bits per heavy atom. The average Bonchev–Trinajstić information content (AvgIpc) is 2.86. The van der Waals surface area contributed by atoms with Crippen LogP contribution in [0.15, 0.2) is 6.20 Å². The molecule has 1 atom stereocenters. The first-order valence-corrected chi connectivity index (χ1v) is 7.67. The van der Waals surface area contributed by atoms with Crippen LogP contribution in [0, 0.1) is 23.7 Å². The van der Waals surface area contributed by atoms with E-state index in [-0.39, 0.29) is 6.54 Å². The lowest BCUT2D eigenvalue weighted by molar-refractivity contribution is -0.00549. The fraction of sp³-hybridized carbons (Fsp3) is 0.800. The number of nitrogens with two attached hydrogens (primary N) is 1. The van der Waals surface area contributed by atoms with Crippen LogP contribution in [0.4, 0.5) is 0 Å². The second kappa shape index (κ2) is 4.32. The lowest BCUT2D eigenvalue weighted by Crippen LogP contribution is -2.44. The van der Waals surface area contributed by atoms with E-state index in [0.29, 0.717) is 5.92 Å². The second-order valence-corrected chi connectivity index (χ2v) is 6.93. The number of hydrogen-bond acceptors (Lipinski definition) is 3. The highest BCUT2D eigenvalue weighted by Crippen LogP contribution is 2.59.